The zero-order valence-corrected chi connectivity index (χ0v) is 9.16. The summed E-state index contributed by atoms with van der Waals surface area (Å²) in [6.07, 6.45) is 1.87. The van der Waals surface area contributed by atoms with Crippen LogP contribution in [0.5, 0.6) is 5.75 Å². The van der Waals surface area contributed by atoms with E-state index in [-0.39, 0.29) is 0 Å². The molecule has 0 N–H and O–H groups in total. The monoisotopic (exact) mass is 199 g/mol. The number of hydrogen-bond acceptors (Lipinski definition) is 2. The number of rotatable bonds is 0. The summed E-state index contributed by atoms with van der Waals surface area (Å²) in [6.45, 7) is 5.91. The lowest BCUT2D eigenvalue weighted by Gasteiger charge is -2.29. The molecule has 0 radical (unpaired) electrons. The fraction of sp³-hybridized carbons (Fsp3) is 0.308. The van der Waals surface area contributed by atoms with E-state index in [4.69, 9.17) is 10.00 Å². The molecule has 0 fully saturated rings. The second-order valence-corrected chi connectivity index (χ2v) is 4.37. The van der Waals surface area contributed by atoms with Gasteiger partial charge in [0, 0.05) is 5.56 Å². The van der Waals surface area contributed by atoms with Gasteiger partial charge in [-0.05, 0) is 39.0 Å². The lowest BCUT2D eigenvalue weighted by atomic mass is 9.94. The number of benzene rings is 1. The second-order valence-electron chi connectivity index (χ2n) is 4.37. The summed E-state index contributed by atoms with van der Waals surface area (Å²) in [5.41, 5.74) is 2.34. The van der Waals surface area contributed by atoms with E-state index in [0.29, 0.717) is 5.57 Å². The average molecular weight is 199 g/mol. The van der Waals surface area contributed by atoms with Crippen LogP contribution in [-0.4, -0.2) is 5.60 Å². The molecule has 0 bridgehead atoms. The van der Waals surface area contributed by atoms with Crippen molar-refractivity contribution < 1.29 is 4.74 Å². The topological polar surface area (TPSA) is 33.0 Å². The van der Waals surface area contributed by atoms with Crippen LogP contribution < -0.4 is 4.74 Å². The van der Waals surface area contributed by atoms with Gasteiger partial charge in [0.15, 0.2) is 0 Å². The van der Waals surface area contributed by atoms with E-state index in [2.05, 4.69) is 6.07 Å². The third-order valence-corrected chi connectivity index (χ3v) is 2.41. The highest BCUT2D eigenvalue weighted by Gasteiger charge is 2.26. The van der Waals surface area contributed by atoms with Crippen molar-refractivity contribution in [2.24, 2.45) is 0 Å². The molecular weight excluding hydrogens is 186 g/mol. The summed E-state index contributed by atoms with van der Waals surface area (Å²) in [7, 11) is 0. The van der Waals surface area contributed by atoms with E-state index in [1.807, 2.05) is 45.0 Å². The zero-order chi connectivity index (χ0) is 11.1. The predicted molar refractivity (Wildman–Crippen MR) is 59.5 cm³/mol. The summed E-state index contributed by atoms with van der Waals surface area (Å²) in [5, 5.41) is 9.09. The minimum Gasteiger partial charge on any atom is -0.483 e. The molecule has 0 aromatic heterocycles. The van der Waals surface area contributed by atoms with Crippen LogP contribution in [0, 0.1) is 18.3 Å². The zero-order valence-electron chi connectivity index (χ0n) is 9.16. The van der Waals surface area contributed by atoms with Gasteiger partial charge in [0.1, 0.15) is 11.4 Å². The maximum Gasteiger partial charge on any atom is 0.129 e. The molecule has 0 saturated carbocycles. The molecule has 76 valence electrons. The normalized spacial score (nSPS) is 17.1. The predicted octanol–water partition coefficient (Wildman–Crippen LogP) is 3.07. The maximum atomic E-state index is 9.09. The Morgan fingerprint density at radius 3 is 2.73 bits per heavy atom. The van der Waals surface area contributed by atoms with Crippen molar-refractivity contribution in [2.45, 2.75) is 26.4 Å². The molecule has 1 heterocycles. The quantitative estimate of drug-likeness (QED) is 0.643. The minimum absolute atomic E-state index is 0.396. The summed E-state index contributed by atoms with van der Waals surface area (Å²) < 4.78 is 5.78. The van der Waals surface area contributed by atoms with Crippen LogP contribution in [0.25, 0.3) is 5.57 Å². The Labute approximate surface area is 89.8 Å². The number of hydrogen-bond donors (Lipinski definition) is 0. The largest absolute Gasteiger partial charge is 0.483 e. The number of ether oxygens (including phenoxy) is 1. The molecule has 2 nitrogen and oxygen atoms in total. The van der Waals surface area contributed by atoms with Gasteiger partial charge in [0.25, 0.3) is 0 Å². The second kappa shape index (κ2) is 3.13. The molecule has 0 atom stereocenters. The van der Waals surface area contributed by atoms with Crippen molar-refractivity contribution in [3.8, 4) is 11.8 Å². The van der Waals surface area contributed by atoms with Crippen LogP contribution in [0.15, 0.2) is 24.3 Å². The molecule has 1 aliphatic rings. The highest BCUT2D eigenvalue weighted by Crippen LogP contribution is 2.35. The molecule has 0 aliphatic carbocycles. The van der Waals surface area contributed by atoms with Gasteiger partial charge >= 0.3 is 0 Å². The number of fused-ring (bicyclic) bond motifs is 1. The highest BCUT2D eigenvalue weighted by atomic mass is 16.5. The summed E-state index contributed by atoms with van der Waals surface area (Å²) in [6, 6.07) is 8.13. The van der Waals surface area contributed by atoms with Crippen LogP contribution in [0.1, 0.15) is 25.0 Å². The van der Waals surface area contributed by atoms with Gasteiger partial charge < -0.3 is 4.74 Å². The van der Waals surface area contributed by atoms with Crippen LogP contribution in [0.2, 0.25) is 0 Å². The molecule has 0 saturated heterocycles. The van der Waals surface area contributed by atoms with Gasteiger partial charge in [0.05, 0.1) is 11.6 Å². The molecule has 2 rings (SSSR count). The molecular formula is C13H13NO. The number of aryl methyl sites for hydroxylation is 1. The standard InChI is InChI=1S/C13H13NO/c1-9-4-5-12-11(6-9)10(8-14)7-13(2,3)15-12/h4-7H,1-3H3. The van der Waals surface area contributed by atoms with Crippen molar-refractivity contribution in [1.82, 2.24) is 0 Å². The van der Waals surface area contributed by atoms with Crippen LogP contribution >= 0.6 is 0 Å². The summed E-state index contributed by atoms with van der Waals surface area (Å²) in [5.74, 6) is 0.796. The molecule has 1 aromatic rings. The lowest BCUT2D eigenvalue weighted by molar-refractivity contribution is 0.158. The van der Waals surface area contributed by atoms with E-state index >= 15 is 0 Å². The Balaban J connectivity index is 2.62. The van der Waals surface area contributed by atoms with E-state index in [1.165, 1.54) is 0 Å². The van der Waals surface area contributed by atoms with Crippen molar-refractivity contribution in [2.75, 3.05) is 0 Å². The number of nitrogens with zero attached hydrogens (tertiary/aromatic N) is 1. The van der Waals surface area contributed by atoms with Gasteiger partial charge in [-0.2, -0.15) is 5.26 Å². The first kappa shape index (κ1) is 9.79. The fourth-order valence-corrected chi connectivity index (χ4v) is 1.77. The molecule has 15 heavy (non-hydrogen) atoms. The molecule has 0 spiro atoms. The van der Waals surface area contributed by atoms with E-state index in [0.717, 1.165) is 16.9 Å². The lowest BCUT2D eigenvalue weighted by Crippen LogP contribution is -2.28. The van der Waals surface area contributed by atoms with Gasteiger partial charge in [-0.15, -0.1) is 0 Å². The smallest absolute Gasteiger partial charge is 0.129 e. The fourth-order valence-electron chi connectivity index (χ4n) is 1.77. The Morgan fingerprint density at radius 2 is 2.07 bits per heavy atom. The maximum absolute atomic E-state index is 9.09. The Bertz CT molecular complexity index is 478. The molecule has 0 unspecified atom stereocenters. The molecule has 2 heteroatoms. The first-order chi connectivity index (χ1) is 7.02. The minimum atomic E-state index is -0.396. The first-order valence-corrected chi connectivity index (χ1v) is 4.95. The molecule has 0 amide bonds. The van der Waals surface area contributed by atoms with Crippen molar-refractivity contribution in [3.05, 3.63) is 35.4 Å². The van der Waals surface area contributed by atoms with Gasteiger partial charge in [-0.25, -0.2) is 0 Å². The van der Waals surface area contributed by atoms with E-state index in [1.54, 1.807) is 0 Å². The van der Waals surface area contributed by atoms with Crippen molar-refractivity contribution in [3.63, 3.8) is 0 Å². The summed E-state index contributed by atoms with van der Waals surface area (Å²) in [4.78, 5) is 0. The van der Waals surface area contributed by atoms with Gasteiger partial charge in [-0.3, -0.25) is 0 Å². The first-order valence-electron chi connectivity index (χ1n) is 4.95. The third-order valence-electron chi connectivity index (χ3n) is 2.41. The Morgan fingerprint density at radius 1 is 1.33 bits per heavy atom. The van der Waals surface area contributed by atoms with Crippen LogP contribution in [-0.2, 0) is 0 Å². The number of nitriles is 1. The molecule has 1 aliphatic heterocycles. The Hall–Kier alpha value is -1.75. The van der Waals surface area contributed by atoms with E-state index in [9.17, 15) is 0 Å². The van der Waals surface area contributed by atoms with Gasteiger partial charge in [-0.1, -0.05) is 11.6 Å². The van der Waals surface area contributed by atoms with Crippen molar-refractivity contribution in [1.29, 1.82) is 5.26 Å². The summed E-state index contributed by atoms with van der Waals surface area (Å²) >= 11 is 0. The number of allylic oxidation sites excluding steroid dienone is 1. The van der Waals surface area contributed by atoms with Gasteiger partial charge in [0.2, 0.25) is 0 Å². The molecule has 1 aromatic carbocycles. The average Bonchev–Trinajstić information content (AvgIpc) is 2.16. The SMILES string of the molecule is Cc1ccc2c(c1)C(C#N)=CC(C)(C)O2. The van der Waals surface area contributed by atoms with Crippen LogP contribution in [0.3, 0.4) is 0 Å². The van der Waals surface area contributed by atoms with Crippen molar-refractivity contribution >= 4 is 5.57 Å². The van der Waals surface area contributed by atoms with Crippen LogP contribution in [0.4, 0.5) is 0 Å². The Kier molecular flexibility index (Phi) is 2.04. The highest BCUT2D eigenvalue weighted by molar-refractivity contribution is 5.82. The third kappa shape index (κ3) is 1.73. The van der Waals surface area contributed by atoms with E-state index < -0.39 is 5.60 Å².